The number of aliphatic carboxylic acids is 1. The van der Waals surface area contributed by atoms with Gasteiger partial charge < -0.3 is 10.4 Å². The van der Waals surface area contributed by atoms with Gasteiger partial charge in [-0.15, -0.1) is 0 Å². The van der Waals surface area contributed by atoms with Crippen molar-refractivity contribution in [2.24, 2.45) is 0 Å². The quantitative estimate of drug-likeness (QED) is 0.516. The van der Waals surface area contributed by atoms with Gasteiger partial charge in [0.1, 0.15) is 6.04 Å². The molecule has 0 aliphatic carbocycles. The van der Waals surface area contributed by atoms with Crippen molar-refractivity contribution in [3.05, 3.63) is 88.0 Å². The highest BCUT2D eigenvalue weighted by molar-refractivity contribution is 6.00. The summed E-state index contributed by atoms with van der Waals surface area (Å²) in [6.45, 7) is 0. The number of benzene rings is 3. The van der Waals surface area contributed by atoms with E-state index in [1.165, 1.54) is 24.3 Å². The zero-order valence-electron chi connectivity index (χ0n) is 14.2. The third kappa shape index (κ3) is 4.27. The van der Waals surface area contributed by atoms with Gasteiger partial charge in [0, 0.05) is 24.1 Å². The number of nitrogens with zero attached hydrogens (tertiary/aromatic N) is 1. The van der Waals surface area contributed by atoms with E-state index in [-0.39, 0.29) is 12.1 Å². The molecule has 27 heavy (non-hydrogen) atoms. The molecule has 0 aliphatic heterocycles. The Balaban J connectivity index is 1.75. The zero-order chi connectivity index (χ0) is 19.4. The maximum Gasteiger partial charge on any atom is 0.326 e. The van der Waals surface area contributed by atoms with Gasteiger partial charge in [-0.3, -0.25) is 14.9 Å². The maximum atomic E-state index is 12.5. The van der Waals surface area contributed by atoms with Crippen molar-refractivity contribution < 1.29 is 19.6 Å². The summed E-state index contributed by atoms with van der Waals surface area (Å²) in [4.78, 5) is 34.2. The molecule has 3 aromatic carbocycles. The van der Waals surface area contributed by atoms with Crippen LogP contribution in [0.15, 0.2) is 66.7 Å². The third-order valence-corrected chi connectivity index (χ3v) is 4.20. The Labute approximate surface area is 154 Å². The molecular formula is C20H16N2O5. The summed E-state index contributed by atoms with van der Waals surface area (Å²) in [5, 5.41) is 24.5. The molecule has 0 spiro atoms. The second kappa shape index (κ2) is 7.65. The number of hydrogen-bond acceptors (Lipinski definition) is 4. The van der Waals surface area contributed by atoms with Crippen molar-refractivity contribution in [1.82, 2.24) is 5.32 Å². The summed E-state index contributed by atoms with van der Waals surface area (Å²) < 4.78 is 0. The fourth-order valence-corrected chi connectivity index (χ4v) is 2.76. The number of nitro benzene ring substituents is 1. The molecule has 7 heteroatoms. The van der Waals surface area contributed by atoms with Gasteiger partial charge in [-0.25, -0.2) is 4.79 Å². The monoisotopic (exact) mass is 364 g/mol. The number of carboxylic acids is 1. The Morgan fingerprint density at radius 3 is 2.30 bits per heavy atom. The van der Waals surface area contributed by atoms with E-state index in [0.717, 1.165) is 10.8 Å². The van der Waals surface area contributed by atoms with Gasteiger partial charge in [0.05, 0.1) is 4.92 Å². The molecule has 0 bridgehead atoms. The Kier molecular flexibility index (Phi) is 5.12. The minimum absolute atomic E-state index is 0.0205. The van der Waals surface area contributed by atoms with Crippen LogP contribution in [0, 0.1) is 10.1 Å². The van der Waals surface area contributed by atoms with Crippen LogP contribution in [0.2, 0.25) is 0 Å². The van der Waals surface area contributed by atoms with Gasteiger partial charge >= 0.3 is 5.97 Å². The van der Waals surface area contributed by atoms with Crippen LogP contribution < -0.4 is 5.32 Å². The predicted octanol–water partition coefficient (Wildman–Crippen LogP) is 3.17. The number of carbonyl (C=O) groups excluding carboxylic acids is 1. The number of fused-ring (bicyclic) bond motifs is 1. The van der Waals surface area contributed by atoms with Gasteiger partial charge in [-0.1, -0.05) is 42.5 Å². The first-order valence-electron chi connectivity index (χ1n) is 8.20. The molecule has 0 aliphatic rings. The number of hydrogen-bond donors (Lipinski definition) is 2. The average Bonchev–Trinajstić information content (AvgIpc) is 2.67. The van der Waals surface area contributed by atoms with Crippen molar-refractivity contribution in [2.75, 3.05) is 0 Å². The molecule has 0 unspecified atom stereocenters. The lowest BCUT2D eigenvalue weighted by Crippen LogP contribution is -2.42. The van der Waals surface area contributed by atoms with Crippen LogP contribution in [0.25, 0.3) is 10.8 Å². The van der Waals surface area contributed by atoms with Gasteiger partial charge in [-0.2, -0.15) is 0 Å². The lowest BCUT2D eigenvalue weighted by Gasteiger charge is -2.15. The highest BCUT2D eigenvalue weighted by atomic mass is 16.6. The minimum Gasteiger partial charge on any atom is -0.480 e. The van der Waals surface area contributed by atoms with E-state index in [1.807, 2.05) is 24.3 Å². The highest BCUT2D eigenvalue weighted by Crippen LogP contribution is 2.16. The second-order valence-corrected chi connectivity index (χ2v) is 6.05. The van der Waals surface area contributed by atoms with Crippen molar-refractivity contribution in [3.63, 3.8) is 0 Å². The number of nitrogens with one attached hydrogen (secondary N) is 1. The second-order valence-electron chi connectivity index (χ2n) is 6.05. The maximum absolute atomic E-state index is 12.5. The van der Waals surface area contributed by atoms with Gasteiger partial charge in [-0.05, 0) is 28.5 Å². The molecule has 7 nitrogen and oxygen atoms in total. The first-order chi connectivity index (χ1) is 12.9. The van der Waals surface area contributed by atoms with Gasteiger partial charge in [0.15, 0.2) is 0 Å². The van der Waals surface area contributed by atoms with E-state index < -0.39 is 22.8 Å². The number of carboxylic acid groups (broad SMARTS) is 1. The molecular weight excluding hydrogens is 348 g/mol. The summed E-state index contributed by atoms with van der Waals surface area (Å²) in [5.74, 6) is -1.67. The number of rotatable bonds is 6. The molecule has 136 valence electrons. The Morgan fingerprint density at radius 1 is 1.00 bits per heavy atom. The molecule has 3 aromatic rings. The minimum atomic E-state index is -1.18. The van der Waals surface area contributed by atoms with Crippen LogP contribution in [-0.2, 0) is 11.2 Å². The van der Waals surface area contributed by atoms with Crippen LogP contribution in [0.5, 0.6) is 0 Å². The zero-order valence-corrected chi connectivity index (χ0v) is 14.2. The molecule has 0 radical (unpaired) electrons. The lowest BCUT2D eigenvalue weighted by molar-refractivity contribution is -0.384. The molecule has 0 aromatic heterocycles. The van der Waals surface area contributed by atoms with Crippen LogP contribution in [-0.4, -0.2) is 27.9 Å². The largest absolute Gasteiger partial charge is 0.480 e. The normalized spacial score (nSPS) is 11.7. The first-order valence-corrected chi connectivity index (χ1v) is 8.20. The van der Waals surface area contributed by atoms with Crippen molar-refractivity contribution in [1.29, 1.82) is 0 Å². The summed E-state index contributed by atoms with van der Waals surface area (Å²) in [6, 6.07) is 17.1. The fraction of sp³-hybridized carbons (Fsp3) is 0.100. The smallest absolute Gasteiger partial charge is 0.326 e. The highest BCUT2D eigenvalue weighted by Gasteiger charge is 2.21. The van der Waals surface area contributed by atoms with Crippen molar-refractivity contribution in [2.45, 2.75) is 12.5 Å². The number of amides is 1. The standard InChI is InChI=1S/C20H16N2O5/c23-19(16-8-7-14-3-1-2-4-15(14)12-16)21-18(20(24)25)11-13-5-9-17(10-6-13)22(26)27/h1-10,12,18H,11H2,(H,21,23)(H,24,25)/t18-/m0/s1. The number of non-ortho nitro benzene ring substituents is 1. The molecule has 0 saturated carbocycles. The Hall–Kier alpha value is -3.74. The molecule has 2 N–H and O–H groups in total. The van der Waals surface area contributed by atoms with Crippen LogP contribution >= 0.6 is 0 Å². The predicted molar refractivity (Wildman–Crippen MR) is 99.6 cm³/mol. The Bertz CT molecular complexity index is 1010. The van der Waals surface area contributed by atoms with E-state index >= 15 is 0 Å². The lowest BCUT2D eigenvalue weighted by atomic mass is 10.0. The molecule has 0 heterocycles. The summed E-state index contributed by atoms with van der Waals surface area (Å²) in [7, 11) is 0. The molecule has 0 saturated heterocycles. The third-order valence-electron chi connectivity index (χ3n) is 4.20. The summed E-state index contributed by atoms with van der Waals surface area (Å²) in [6.07, 6.45) is 0.0205. The first kappa shape index (κ1) is 18.1. The van der Waals surface area contributed by atoms with E-state index in [4.69, 9.17) is 0 Å². The van der Waals surface area contributed by atoms with Crippen LogP contribution in [0.1, 0.15) is 15.9 Å². The fourth-order valence-electron chi connectivity index (χ4n) is 2.76. The number of carbonyl (C=O) groups is 2. The Morgan fingerprint density at radius 2 is 1.67 bits per heavy atom. The van der Waals surface area contributed by atoms with Crippen molar-refractivity contribution >= 4 is 28.3 Å². The SMILES string of the molecule is O=C(N[C@@H](Cc1ccc([N+](=O)[O-])cc1)C(=O)O)c1ccc2ccccc2c1. The van der Waals surface area contributed by atoms with Crippen molar-refractivity contribution in [3.8, 4) is 0 Å². The van der Waals surface area contributed by atoms with E-state index in [0.29, 0.717) is 11.1 Å². The average molecular weight is 364 g/mol. The molecule has 1 amide bonds. The summed E-state index contributed by atoms with van der Waals surface area (Å²) >= 11 is 0. The molecule has 1 atom stereocenters. The number of nitro groups is 1. The van der Waals surface area contributed by atoms with Gasteiger partial charge in [0.2, 0.25) is 0 Å². The van der Waals surface area contributed by atoms with Crippen LogP contribution in [0.4, 0.5) is 5.69 Å². The van der Waals surface area contributed by atoms with E-state index in [9.17, 15) is 24.8 Å². The van der Waals surface area contributed by atoms with Gasteiger partial charge in [0.25, 0.3) is 11.6 Å². The summed E-state index contributed by atoms with van der Waals surface area (Å²) in [5.41, 5.74) is 0.862. The molecule has 0 fully saturated rings. The van der Waals surface area contributed by atoms with Crippen LogP contribution in [0.3, 0.4) is 0 Å². The van der Waals surface area contributed by atoms with E-state index in [1.54, 1.807) is 18.2 Å². The molecule has 3 rings (SSSR count). The topological polar surface area (TPSA) is 110 Å². The van der Waals surface area contributed by atoms with E-state index in [2.05, 4.69) is 5.32 Å².